The van der Waals surface area contributed by atoms with Gasteiger partial charge in [-0.3, -0.25) is 4.79 Å². The molecule has 2 heterocycles. The third kappa shape index (κ3) is 4.18. The SMILES string of the molecule is O=C(NCC1CCCO1)c1ccc(-c2ccc(C3CCCCC3)cc2)s1. The molecule has 4 heteroatoms. The van der Waals surface area contributed by atoms with Crippen LogP contribution in [-0.4, -0.2) is 25.2 Å². The monoisotopic (exact) mass is 369 g/mol. The number of amides is 1. The van der Waals surface area contributed by atoms with E-state index in [4.69, 9.17) is 4.74 Å². The normalized spacial score (nSPS) is 21.0. The van der Waals surface area contributed by atoms with Gasteiger partial charge in [0.2, 0.25) is 0 Å². The van der Waals surface area contributed by atoms with Crippen LogP contribution in [0.15, 0.2) is 36.4 Å². The minimum absolute atomic E-state index is 0.00979. The van der Waals surface area contributed by atoms with Gasteiger partial charge in [0.25, 0.3) is 5.91 Å². The Hall–Kier alpha value is -1.65. The Kier molecular flexibility index (Phi) is 5.71. The van der Waals surface area contributed by atoms with Gasteiger partial charge >= 0.3 is 0 Å². The van der Waals surface area contributed by atoms with Gasteiger partial charge in [-0.05, 0) is 54.9 Å². The number of hydrogen-bond acceptors (Lipinski definition) is 3. The minimum Gasteiger partial charge on any atom is -0.376 e. The van der Waals surface area contributed by atoms with Crippen molar-refractivity contribution < 1.29 is 9.53 Å². The van der Waals surface area contributed by atoms with Crippen molar-refractivity contribution in [2.24, 2.45) is 0 Å². The zero-order valence-electron chi connectivity index (χ0n) is 15.2. The Morgan fingerprint density at radius 1 is 1.00 bits per heavy atom. The summed E-state index contributed by atoms with van der Waals surface area (Å²) < 4.78 is 5.56. The van der Waals surface area contributed by atoms with Crippen molar-refractivity contribution in [3.8, 4) is 10.4 Å². The van der Waals surface area contributed by atoms with Crippen molar-refractivity contribution in [1.82, 2.24) is 5.32 Å². The molecule has 0 spiro atoms. The molecule has 2 fully saturated rings. The lowest BCUT2D eigenvalue weighted by atomic mass is 9.84. The van der Waals surface area contributed by atoms with Crippen LogP contribution in [0.2, 0.25) is 0 Å². The van der Waals surface area contributed by atoms with E-state index in [9.17, 15) is 4.79 Å². The van der Waals surface area contributed by atoms with Crippen molar-refractivity contribution in [2.75, 3.05) is 13.2 Å². The van der Waals surface area contributed by atoms with Gasteiger partial charge in [0.15, 0.2) is 0 Å². The summed E-state index contributed by atoms with van der Waals surface area (Å²) >= 11 is 1.57. The van der Waals surface area contributed by atoms with E-state index in [-0.39, 0.29) is 12.0 Å². The smallest absolute Gasteiger partial charge is 0.261 e. The van der Waals surface area contributed by atoms with E-state index in [1.54, 1.807) is 11.3 Å². The standard InChI is InChI=1S/C22H27NO2S/c24-22(23-15-19-7-4-14-25-19)21-13-12-20(26-21)18-10-8-17(9-11-18)16-5-2-1-3-6-16/h8-13,16,19H,1-7,14-15H2,(H,23,24). The first kappa shape index (κ1) is 17.7. The number of benzene rings is 1. The maximum Gasteiger partial charge on any atom is 0.261 e. The second-order valence-electron chi connectivity index (χ2n) is 7.47. The van der Waals surface area contributed by atoms with E-state index in [0.717, 1.165) is 35.1 Å². The summed E-state index contributed by atoms with van der Waals surface area (Å²) in [4.78, 5) is 14.3. The fraction of sp³-hybridized carbons (Fsp3) is 0.500. The van der Waals surface area contributed by atoms with Crippen molar-refractivity contribution in [3.05, 3.63) is 46.8 Å². The molecular weight excluding hydrogens is 342 g/mol. The van der Waals surface area contributed by atoms with Crippen LogP contribution >= 0.6 is 11.3 Å². The first-order valence-corrected chi connectivity index (χ1v) is 10.7. The molecule has 26 heavy (non-hydrogen) atoms. The van der Waals surface area contributed by atoms with Crippen LogP contribution in [0.4, 0.5) is 0 Å². The Balaban J connectivity index is 1.38. The number of carbonyl (C=O) groups excluding carboxylic acids is 1. The van der Waals surface area contributed by atoms with Crippen LogP contribution in [0.3, 0.4) is 0 Å². The van der Waals surface area contributed by atoms with Gasteiger partial charge in [-0.25, -0.2) is 0 Å². The van der Waals surface area contributed by atoms with Crippen LogP contribution in [-0.2, 0) is 4.74 Å². The number of nitrogens with one attached hydrogen (secondary N) is 1. The summed E-state index contributed by atoms with van der Waals surface area (Å²) in [6.07, 6.45) is 9.10. The molecule has 4 rings (SSSR count). The van der Waals surface area contributed by atoms with Crippen LogP contribution in [0, 0.1) is 0 Å². The Morgan fingerprint density at radius 3 is 2.54 bits per heavy atom. The Morgan fingerprint density at radius 2 is 1.81 bits per heavy atom. The molecule has 2 aromatic rings. The second-order valence-corrected chi connectivity index (χ2v) is 8.55. The van der Waals surface area contributed by atoms with Crippen LogP contribution < -0.4 is 5.32 Å². The highest BCUT2D eigenvalue weighted by Crippen LogP contribution is 2.34. The van der Waals surface area contributed by atoms with Gasteiger partial charge in [-0.1, -0.05) is 43.5 Å². The topological polar surface area (TPSA) is 38.3 Å². The van der Waals surface area contributed by atoms with E-state index in [1.807, 2.05) is 6.07 Å². The van der Waals surface area contributed by atoms with E-state index in [1.165, 1.54) is 43.2 Å². The molecule has 1 aromatic heterocycles. The molecule has 1 aromatic carbocycles. The zero-order valence-corrected chi connectivity index (χ0v) is 16.0. The number of carbonyl (C=O) groups is 1. The van der Waals surface area contributed by atoms with Crippen molar-refractivity contribution in [3.63, 3.8) is 0 Å². The predicted molar refractivity (Wildman–Crippen MR) is 107 cm³/mol. The lowest BCUT2D eigenvalue weighted by Crippen LogP contribution is -2.31. The van der Waals surface area contributed by atoms with Crippen molar-refractivity contribution in [1.29, 1.82) is 0 Å². The Labute approximate surface area is 159 Å². The Bertz CT molecular complexity index is 725. The van der Waals surface area contributed by atoms with E-state index in [2.05, 4.69) is 35.6 Å². The maximum absolute atomic E-state index is 12.4. The second kappa shape index (κ2) is 8.36. The summed E-state index contributed by atoms with van der Waals surface area (Å²) in [6.45, 7) is 1.43. The van der Waals surface area contributed by atoms with Gasteiger partial charge in [-0.2, -0.15) is 0 Å². The predicted octanol–water partition coefficient (Wildman–Crippen LogP) is 5.37. The van der Waals surface area contributed by atoms with Gasteiger partial charge in [0, 0.05) is 18.0 Å². The van der Waals surface area contributed by atoms with E-state index in [0.29, 0.717) is 6.54 Å². The first-order valence-electron chi connectivity index (χ1n) is 9.89. The molecule has 138 valence electrons. The molecule has 1 saturated carbocycles. The highest BCUT2D eigenvalue weighted by Gasteiger charge is 2.18. The molecule has 1 N–H and O–H groups in total. The molecule has 1 saturated heterocycles. The molecule has 1 atom stereocenters. The number of thiophene rings is 1. The van der Waals surface area contributed by atoms with Crippen LogP contribution in [0.5, 0.6) is 0 Å². The molecule has 0 radical (unpaired) electrons. The maximum atomic E-state index is 12.4. The lowest BCUT2D eigenvalue weighted by molar-refractivity contribution is 0.0861. The van der Waals surface area contributed by atoms with E-state index >= 15 is 0 Å². The molecule has 1 unspecified atom stereocenters. The number of ether oxygens (including phenoxy) is 1. The van der Waals surface area contributed by atoms with Crippen molar-refractivity contribution >= 4 is 17.2 Å². The van der Waals surface area contributed by atoms with Gasteiger partial charge in [0.1, 0.15) is 0 Å². The highest BCUT2D eigenvalue weighted by molar-refractivity contribution is 7.17. The lowest BCUT2D eigenvalue weighted by Gasteiger charge is -2.22. The van der Waals surface area contributed by atoms with Crippen LogP contribution in [0.25, 0.3) is 10.4 Å². The summed E-state index contributed by atoms with van der Waals surface area (Å²) in [6, 6.07) is 13.0. The summed E-state index contributed by atoms with van der Waals surface area (Å²) in [7, 11) is 0. The molecular formula is C22H27NO2S. The van der Waals surface area contributed by atoms with Gasteiger partial charge in [0.05, 0.1) is 11.0 Å². The molecule has 1 aliphatic heterocycles. The quantitative estimate of drug-likeness (QED) is 0.769. The summed E-state index contributed by atoms with van der Waals surface area (Å²) in [5, 5.41) is 3.00. The molecule has 3 nitrogen and oxygen atoms in total. The average Bonchev–Trinajstić information content (AvgIpc) is 3.39. The van der Waals surface area contributed by atoms with Crippen molar-refractivity contribution in [2.45, 2.75) is 57.0 Å². The summed E-state index contributed by atoms with van der Waals surface area (Å²) in [5.74, 6) is 0.746. The zero-order chi connectivity index (χ0) is 17.8. The molecule has 1 amide bonds. The number of hydrogen-bond donors (Lipinski definition) is 1. The highest BCUT2D eigenvalue weighted by atomic mass is 32.1. The molecule has 2 aliphatic rings. The van der Waals surface area contributed by atoms with Gasteiger partial charge < -0.3 is 10.1 Å². The average molecular weight is 370 g/mol. The molecule has 0 bridgehead atoms. The summed E-state index contributed by atoms with van der Waals surface area (Å²) in [5.41, 5.74) is 2.67. The molecule has 1 aliphatic carbocycles. The first-order chi connectivity index (χ1) is 12.8. The van der Waals surface area contributed by atoms with Crippen LogP contribution in [0.1, 0.15) is 66.1 Å². The number of rotatable bonds is 5. The largest absolute Gasteiger partial charge is 0.376 e. The van der Waals surface area contributed by atoms with Gasteiger partial charge in [-0.15, -0.1) is 11.3 Å². The minimum atomic E-state index is 0.00979. The third-order valence-electron chi connectivity index (χ3n) is 5.62. The fourth-order valence-electron chi connectivity index (χ4n) is 4.07. The van der Waals surface area contributed by atoms with E-state index < -0.39 is 0 Å². The third-order valence-corrected chi connectivity index (χ3v) is 6.75. The fourth-order valence-corrected chi connectivity index (χ4v) is 5.00.